The van der Waals surface area contributed by atoms with Crippen molar-refractivity contribution >= 4 is 17.3 Å². The Balaban J connectivity index is 1.97. The summed E-state index contributed by atoms with van der Waals surface area (Å²) in [5.41, 5.74) is 2.23. The van der Waals surface area contributed by atoms with E-state index in [2.05, 4.69) is 14.8 Å². The zero-order chi connectivity index (χ0) is 15.7. The van der Waals surface area contributed by atoms with Crippen molar-refractivity contribution in [3.05, 3.63) is 42.6 Å². The molecule has 0 saturated heterocycles. The Hall–Kier alpha value is -2.22. The van der Waals surface area contributed by atoms with Crippen LogP contribution in [0.25, 0.3) is 16.8 Å². The van der Waals surface area contributed by atoms with Crippen LogP contribution in [0.15, 0.2) is 47.8 Å². The van der Waals surface area contributed by atoms with Gasteiger partial charge in [-0.2, -0.15) is 5.10 Å². The van der Waals surface area contributed by atoms with Crippen molar-refractivity contribution in [1.29, 1.82) is 0 Å². The van der Waals surface area contributed by atoms with E-state index in [9.17, 15) is 13.2 Å². The molecular weight excluding hydrogens is 315 g/mol. The second-order valence-corrected chi connectivity index (χ2v) is 5.14. The number of hydrogen-bond acceptors (Lipinski definition) is 4. The summed E-state index contributed by atoms with van der Waals surface area (Å²) in [7, 11) is 0. The molecule has 0 aliphatic carbocycles. The van der Waals surface area contributed by atoms with E-state index in [4.69, 9.17) is 0 Å². The van der Waals surface area contributed by atoms with Crippen molar-refractivity contribution in [3.8, 4) is 17.0 Å². The molecule has 0 fully saturated rings. The second-order valence-electron chi connectivity index (χ2n) is 4.37. The fourth-order valence-corrected chi connectivity index (χ4v) is 2.53. The minimum absolute atomic E-state index is 0.258. The van der Waals surface area contributed by atoms with Crippen molar-refractivity contribution in [3.63, 3.8) is 0 Å². The first-order valence-corrected chi connectivity index (χ1v) is 7.44. The van der Waals surface area contributed by atoms with Gasteiger partial charge in [0.15, 0.2) is 5.16 Å². The molecule has 0 bridgehead atoms. The van der Waals surface area contributed by atoms with Crippen LogP contribution in [-0.4, -0.2) is 27.2 Å². The molecule has 114 valence electrons. The van der Waals surface area contributed by atoms with Gasteiger partial charge in [-0.25, -0.2) is 9.50 Å². The Kier molecular flexibility index (Phi) is 3.69. The Morgan fingerprint density at radius 3 is 2.50 bits per heavy atom. The molecule has 0 spiro atoms. The van der Waals surface area contributed by atoms with Crippen molar-refractivity contribution in [2.24, 2.45) is 0 Å². The first kappa shape index (κ1) is 14.7. The molecule has 4 nitrogen and oxygen atoms in total. The molecule has 0 aliphatic heterocycles. The number of alkyl halides is 3. The summed E-state index contributed by atoms with van der Waals surface area (Å²) in [5.74, 6) is -0.258. The predicted octanol–water partition coefficient (Wildman–Crippen LogP) is 4.02. The Bertz CT molecular complexity index is 799. The third kappa shape index (κ3) is 3.01. The van der Waals surface area contributed by atoms with Crippen molar-refractivity contribution in [2.45, 2.75) is 11.5 Å². The van der Waals surface area contributed by atoms with Crippen LogP contribution in [0, 0.1) is 0 Å². The van der Waals surface area contributed by atoms with E-state index >= 15 is 0 Å². The van der Waals surface area contributed by atoms with Crippen LogP contribution in [0.1, 0.15) is 0 Å². The fourth-order valence-electron chi connectivity index (χ4n) is 2.01. The number of aromatic nitrogens is 3. The maximum atomic E-state index is 12.2. The summed E-state index contributed by atoms with van der Waals surface area (Å²) in [6.45, 7) is 0. The lowest BCUT2D eigenvalue weighted by Gasteiger charge is -2.10. The lowest BCUT2D eigenvalue weighted by molar-refractivity contribution is -0.274. The minimum atomic E-state index is -4.69. The number of nitrogens with zero attached hydrogens (tertiary/aromatic N) is 3. The molecule has 0 N–H and O–H groups in total. The summed E-state index contributed by atoms with van der Waals surface area (Å²) in [6.07, 6.45) is -1.14. The van der Waals surface area contributed by atoms with E-state index in [1.807, 2.05) is 18.4 Å². The largest absolute Gasteiger partial charge is 0.573 e. The van der Waals surface area contributed by atoms with Crippen LogP contribution in [0.4, 0.5) is 13.2 Å². The van der Waals surface area contributed by atoms with Crippen LogP contribution >= 0.6 is 11.8 Å². The maximum absolute atomic E-state index is 12.2. The molecule has 2 aromatic heterocycles. The van der Waals surface area contributed by atoms with E-state index in [-0.39, 0.29) is 5.75 Å². The molecule has 3 rings (SSSR count). The standard InChI is InChI=1S/C14H10F3N3OS/c1-22-13-19-12(8-10-6-7-18-20(10)13)9-2-4-11(5-3-9)21-14(15,16)17/h2-8H,1H3. The maximum Gasteiger partial charge on any atom is 0.573 e. The van der Waals surface area contributed by atoms with E-state index in [1.54, 1.807) is 22.8 Å². The van der Waals surface area contributed by atoms with Gasteiger partial charge in [-0.05, 0) is 42.7 Å². The summed E-state index contributed by atoms with van der Waals surface area (Å²) >= 11 is 1.44. The van der Waals surface area contributed by atoms with Crippen molar-refractivity contribution < 1.29 is 17.9 Å². The number of thioether (sulfide) groups is 1. The van der Waals surface area contributed by atoms with Crippen LogP contribution in [0.2, 0.25) is 0 Å². The summed E-state index contributed by atoms with van der Waals surface area (Å²) < 4.78 is 42.0. The molecule has 0 aliphatic rings. The monoisotopic (exact) mass is 325 g/mol. The van der Waals surface area contributed by atoms with Crippen LogP contribution in [-0.2, 0) is 0 Å². The number of halogens is 3. The lowest BCUT2D eigenvalue weighted by atomic mass is 10.1. The molecule has 0 saturated carbocycles. The van der Waals surface area contributed by atoms with Crippen molar-refractivity contribution in [1.82, 2.24) is 14.6 Å². The van der Waals surface area contributed by atoms with E-state index in [0.717, 1.165) is 5.52 Å². The van der Waals surface area contributed by atoms with E-state index in [0.29, 0.717) is 16.4 Å². The molecular formula is C14H10F3N3OS. The Morgan fingerprint density at radius 1 is 1.14 bits per heavy atom. The normalized spacial score (nSPS) is 11.8. The van der Waals surface area contributed by atoms with Crippen LogP contribution in [0.5, 0.6) is 5.75 Å². The highest BCUT2D eigenvalue weighted by molar-refractivity contribution is 7.98. The highest BCUT2D eigenvalue weighted by atomic mass is 32.2. The number of benzene rings is 1. The number of ether oxygens (including phenoxy) is 1. The van der Waals surface area contributed by atoms with Gasteiger partial charge in [0.05, 0.1) is 17.4 Å². The molecule has 1 aromatic carbocycles. The summed E-state index contributed by atoms with van der Waals surface area (Å²) in [5, 5.41) is 4.87. The molecule has 0 radical (unpaired) electrons. The van der Waals surface area contributed by atoms with Gasteiger partial charge in [-0.1, -0.05) is 11.8 Å². The molecule has 22 heavy (non-hydrogen) atoms. The van der Waals surface area contributed by atoms with E-state index < -0.39 is 6.36 Å². The SMILES string of the molecule is CSc1nc(-c2ccc(OC(F)(F)F)cc2)cc2ccnn12. The number of rotatable bonds is 3. The molecule has 2 heterocycles. The van der Waals surface area contributed by atoms with Gasteiger partial charge in [0.1, 0.15) is 5.75 Å². The third-order valence-electron chi connectivity index (χ3n) is 2.92. The first-order valence-electron chi connectivity index (χ1n) is 6.21. The topological polar surface area (TPSA) is 39.4 Å². The van der Waals surface area contributed by atoms with Crippen molar-refractivity contribution in [2.75, 3.05) is 6.26 Å². The van der Waals surface area contributed by atoms with Crippen LogP contribution in [0.3, 0.4) is 0 Å². The zero-order valence-corrected chi connectivity index (χ0v) is 12.1. The average molecular weight is 325 g/mol. The van der Waals surface area contributed by atoms with Gasteiger partial charge in [-0.3, -0.25) is 0 Å². The lowest BCUT2D eigenvalue weighted by Crippen LogP contribution is -2.16. The van der Waals surface area contributed by atoms with Gasteiger partial charge in [0, 0.05) is 5.56 Å². The fraction of sp³-hybridized carbons (Fsp3) is 0.143. The Morgan fingerprint density at radius 2 is 1.86 bits per heavy atom. The molecule has 0 atom stereocenters. The quantitative estimate of drug-likeness (QED) is 0.539. The van der Waals surface area contributed by atoms with Gasteiger partial charge in [0.2, 0.25) is 0 Å². The molecule has 3 aromatic rings. The second kappa shape index (κ2) is 5.53. The predicted molar refractivity (Wildman–Crippen MR) is 76.9 cm³/mol. The molecule has 8 heteroatoms. The van der Waals surface area contributed by atoms with Gasteiger partial charge >= 0.3 is 6.36 Å². The molecule has 0 unspecified atom stereocenters. The smallest absolute Gasteiger partial charge is 0.406 e. The number of hydrogen-bond donors (Lipinski definition) is 0. The zero-order valence-electron chi connectivity index (χ0n) is 11.3. The Labute approximate surface area is 127 Å². The van der Waals surface area contributed by atoms with Gasteiger partial charge < -0.3 is 4.74 Å². The van der Waals surface area contributed by atoms with E-state index in [1.165, 1.54) is 23.9 Å². The third-order valence-corrected chi connectivity index (χ3v) is 3.55. The summed E-state index contributed by atoms with van der Waals surface area (Å²) in [4.78, 5) is 4.47. The van der Waals surface area contributed by atoms with Gasteiger partial charge in [0.25, 0.3) is 0 Å². The summed E-state index contributed by atoms with van der Waals surface area (Å²) in [6, 6.07) is 9.28. The minimum Gasteiger partial charge on any atom is -0.406 e. The first-order chi connectivity index (χ1) is 10.5. The van der Waals surface area contributed by atoms with Gasteiger partial charge in [-0.15, -0.1) is 13.2 Å². The highest BCUT2D eigenvalue weighted by Crippen LogP contribution is 2.27. The molecule has 0 amide bonds. The average Bonchev–Trinajstić information content (AvgIpc) is 2.93. The highest BCUT2D eigenvalue weighted by Gasteiger charge is 2.30. The number of fused-ring (bicyclic) bond motifs is 1. The van der Waals surface area contributed by atoms with Crippen LogP contribution < -0.4 is 4.74 Å².